The number of nitrogens with one attached hydrogen (secondary N) is 2. The molecular formula is C15H17N3O4. The second-order valence-corrected chi connectivity index (χ2v) is 4.78. The number of carbonyl (C=O) groups excluding carboxylic acids is 1. The fourth-order valence-corrected chi connectivity index (χ4v) is 1.89. The van der Waals surface area contributed by atoms with Crippen molar-refractivity contribution in [2.45, 2.75) is 26.0 Å². The SMILES string of the molecule is Cc1[nH]cnc1CC(NC(=O)OCc1ccccc1)C(=O)O. The van der Waals surface area contributed by atoms with E-state index in [9.17, 15) is 14.7 Å². The van der Waals surface area contributed by atoms with Gasteiger partial charge in [-0.05, 0) is 12.5 Å². The number of H-pyrrole nitrogens is 1. The maximum Gasteiger partial charge on any atom is 0.408 e. The molecule has 3 N–H and O–H groups in total. The fraction of sp³-hybridized carbons (Fsp3) is 0.267. The molecule has 1 unspecified atom stereocenters. The van der Waals surface area contributed by atoms with Crippen molar-refractivity contribution in [1.82, 2.24) is 15.3 Å². The molecule has 0 saturated carbocycles. The number of nitrogens with zero attached hydrogens (tertiary/aromatic N) is 1. The van der Waals surface area contributed by atoms with Gasteiger partial charge in [0.25, 0.3) is 0 Å². The number of hydrogen-bond donors (Lipinski definition) is 3. The zero-order chi connectivity index (χ0) is 15.9. The van der Waals surface area contributed by atoms with Gasteiger partial charge in [0.15, 0.2) is 0 Å². The van der Waals surface area contributed by atoms with E-state index in [2.05, 4.69) is 15.3 Å². The lowest BCUT2D eigenvalue weighted by molar-refractivity contribution is -0.139. The number of aromatic amines is 1. The summed E-state index contributed by atoms with van der Waals surface area (Å²) >= 11 is 0. The molecule has 0 spiro atoms. The van der Waals surface area contributed by atoms with Gasteiger partial charge in [-0.2, -0.15) is 0 Å². The number of hydrogen-bond acceptors (Lipinski definition) is 4. The van der Waals surface area contributed by atoms with Gasteiger partial charge in [-0.1, -0.05) is 30.3 Å². The number of imidazole rings is 1. The Labute approximate surface area is 127 Å². The zero-order valence-electron chi connectivity index (χ0n) is 12.1. The van der Waals surface area contributed by atoms with Crippen molar-refractivity contribution in [3.8, 4) is 0 Å². The van der Waals surface area contributed by atoms with Crippen molar-refractivity contribution >= 4 is 12.1 Å². The van der Waals surface area contributed by atoms with Crippen LogP contribution in [0.3, 0.4) is 0 Å². The summed E-state index contributed by atoms with van der Waals surface area (Å²) in [5.41, 5.74) is 2.19. The minimum atomic E-state index is -1.14. The van der Waals surface area contributed by atoms with Crippen LogP contribution in [0.1, 0.15) is 17.0 Å². The van der Waals surface area contributed by atoms with E-state index in [0.717, 1.165) is 11.3 Å². The first kappa shape index (κ1) is 15.6. The topological polar surface area (TPSA) is 104 Å². The number of ether oxygens (including phenoxy) is 1. The predicted molar refractivity (Wildman–Crippen MR) is 78.2 cm³/mol. The van der Waals surface area contributed by atoms with Crippen LogP contribution >= 0.6 is 0 Å². The predicted octanol–water partition coefficient (Wildman–Crippen LogP) is 1.64. The third-order valence-electron chi connectivity index (χ3n) is 3.13. The van der Waals surface area contributed by atoms with E-state index in [0.29, 0.717) is 5.69 Å². The van der Waals surface area contributed by atoms with Gasteiger partial charge in [0.05, 0.1) is 12.0 Å². The normalized spacial score (nSPS) is 11.7. The zero-order valence-corrected chi connectivity index (χ0v) is 12.1. The Morgan fingerprint density at radius 2 is 2.09 bits per heavy atom. The van der Waals surface area contributed by atoms with Gasteiger partial charge in [0, 0.05) is 12.1 Å². The monoisotopic (exact) mass is 303 g/mol. The molecule has 7 heteroatoms. The summed E-state index contributed by atoms with van der Waals surface area (Å²) in [7, 11) is 0. The molecule has 0 aliphatic heterocycles. The third kappa shape index (κ3) is 4.34. The number of amides is 1. The molecule has 22 heavy (non-hydrogen) atoms. The third-order valence-corrected chi connectivity index (χ3v) is 3.13. The number of aryl methyl sites for hydroxylation is 1. The largest absolute Gasteiger partial charge is 0.480 e. The lowest BCUT2D eigenvalue weighted by Gasteiger charge is -2.14. The lowest BCUT2D eigenvalue weighted by atomic mass is 10.1. The molecule has 2 aromatic rings. The molecule has 0 fully saturated rings. The van der Waals surface area contributed by atoms with E-state index in [1.165, 1.54) is 6.33 Å². The number of carbonyl (C=O) groups is 2. The van der Waals surface area contributed by atoms with Crippen molar-refractivity contribution in [3.05, 3.63) is 53.6 Å². The molecule has 0 radical (unpaired) electrons. The summed E-state index contributed by atoms with van der Waals surface area (Å²) in [5.74, 6) is -1.14. The number of carboxylic acid groups (broad SMARTS) is 1. The van der Waals surface area contributed by atoms with Crippen LogP contribution in [0.2, 0.25) is 0 Å². The molecule has 0 aliphatic carbocycles. The molecule has 0 bridgehead atoms. The Morgan fingerprint density at radius 3 is 2.68 bits per heavy atom. The molecule has 1 heterocycles. The minimum absolute atomic E-state index is 0.0838. The van der Waals surface area contributed by atoms with Gasteiger partial charge in [-0.3, -0.25) is 0 Å². The van der Waals surface area contributed by atoms with Crippen molar-refractivity contribution in [3.63, 3.8) is 0 Å². The van der Waals surface area contributed by atoms with Crippen LogP contribution in [-0.2, 0) is 22.6 Å². The van der Waals surface area contributed by atoms with Gasteiger partial charge >= 0.3 is 12.1 Å². The fourth-order valence-electron chi connectivity index (χ4n) is 1.89. The molecular weight excluding hydrogens is 286 g/mol. The Bertz CT molecular complexity index is 639. The standard InChI is InChI=1S/C15H17N3O4/c1-10-12(17-9-16-10)7-13(14(19)20)18-15(21)22-8-11-5-3-2-4-6-11/h2-6,9,13H,7-8H2,1H3,(H,16,17)(H,18,21)(H,19,20). The van der Waals surface area contributed by atoms with Gasteiger partial charge in [-0.15, -0.1) is 0 Å². The Kier molecular flexibility index (Phi) is 5.13. The second kappa shape index (κ2) is 7.26. The molecule has 116 valence electrons. The lowest BCUT2D eigenvalue weighted by Crippen LogP contribution is -2.42. The Balaban J connectivity index is 1.89. The smallest absolute Gasteiger partial charge is 0.408 e. The average molecular weight is 303 g/mol. The van der Waals surface area contributed by atoms with E-state index in [1.807, 2.05) is 30.3 Å². The van der Waals surface area contributed by atoms with Crippen LogP contribution in [0.4, 0.5) is 4.79 Å². The number of aromatic nitrogens is 2. The summed E-state index contributed by atoms with van der Waals surface area (Å²) < 4.78 is 5.02. The molecule has 0 aliphatic rings. The number of alkyl carbamates (subject to hydrolysis) is 1. The average Bonchev–Trinajstić information content (AvgIpc) is 2.91. The highest BCUT2D eigenvalue weighted by molar-refractivity contribution is 5.80. The summed E-state index contributed by atoms with van der Waals surface area (Å²) in [6.45, 7) is 1.87. The molecule has 1 aromatic carbocycles. The van der Waals surface area contributed by atoms with Crippen LogP contribution in [0, 0.1) is 6.92 Å². The minimum Gasteiger partial charge on any atom is -0.480 e. The maximum atomic E-state index is 11.7. The molecule has 7 nitrogen and oxygen atoms in total. The van der Waals surface area contributed by atoms with Crippen LogP contribution in [0.15, 0.2) is 36.7 Å². The molecule has 1 aromatic heterocycles. The van der Waals surface area contributed by atoms with Crippen molar-refractivity contribution in [2.75, 3.05) is 0 Å². The van der Waals surface area contributed by atoms with Gasteiger partial charge in [-0.25, -0.2) is 14.6 Å². The molecule has 0 saturated heterocycles. The highest BCUT2D eigenvalue weighted by atomic mass is 16.5. The van der Waals surface area contributed by atoms with Gasteiger partial charge in [0.2, 0.25) is 0 Å². The number of rotatable bonds is 6. The number of carboxylic acids is 1. The molecule has 2 rings (SSSR count). The van der Waals surface area contributed by atoms with Crippen LogP contribution in [0.25, 0.3) is 0 Å². The number of benzene rings is 1. The highest BCUT2D eigenvalue weighted by Gasteiger charge is 2.22. The molecule has 1 atom stereocenters. The quantitative estimate of drug-likeness (QED) is 0.752. The summed E-state index contributed by atoms with van der Waals surface area (Å²) in [6.07, 6.45) is 0.798. The van der Waals surface area contributed by atoms with Crippen LogP contribution < -0.4 is 5.32 Å². The van der Waals surface area contributed by atoms with Crippen molar-refractivity contribution in [2.24, 2.45) is 0 Å². The Hall–Kier alpha value is -2.83. The van der Waals surface area contributed by atoms with E-state index < -0.39 is 18.1 Å². The van der Waals surface area contributed by atoms with Crippen LogP contribution in [-0.4, -0.2) is 33.2 Å². The first-order chi connectivity index (χ1) is 10.6. The first-order valence-electron chi connectivity index (χ1n) is 6.75. The van der Waals surface area contributed by atoms with E-state index in [-0.39, 0.29) is 13.0 Å². The summed E-state index contributed by atoms with van der Waals surface area (Å²) in [4.78, 5) is 29.9. The maximum absolute atomic E-state index is 11.7. The van der Waals surface area contributed by atoms with E-state index in [4.69, 9.17) is 4.74 Å². The van der Waals surface area contributed by atoms with E-state index in [1.54, 1.807) is 6.92 Å². The number of aliphatic carboxylic acids is 1. The summed E-state index contributed by atoms with van der Waals surface area (Å²) in [5, 5.41) is 11.5. The van der Waals surface area contributed by atoms with Crippen molar-refractivity contribution in [1.29, 1.82) is 0 Å². The Morgan fingerprint density at radius 1 is 1.36 bits per heavy atom. The highest BCUT2D eigenvalue weighted by Crippen LogP contribution is 2.06. The van der Waals surface area contributed by atoms with Crippen LogP contribution in [0.5, 0.6) is 0 Å². The summed E-state index contributed by atoms with van der Waals surface area (Å²) in [6, 6.07) is 8.05. The van der Waals surface area contributed by atoms with Crippen molar-refractivity contribution < 1.29 is 19.4 Å². The van der Waals surface area contributed by atoms with Gasteiger partial charge < -0.3 is 20.1 Å². The van der Waals surface area contributed by atoms with E-state index >= 15 is 0 Å². The van der Waals surface area contributed by atoms with Gasteiger partial charge in [0.1, 0.15) is 12.6 Å². The first-order valence-corrected chi connectivity index (χ1v) is 6.75. The molecule has 1 amide bonds. The second-order valence-electron chi connectivity index (χ2n) is 4.78.